The molecule has 6 nitrogen and oxygen atoms in total. The summed E-state index contributed by atoms with van der Waals surface area (Å²) < 4.78 is 1.98. The fourth-order valence-electron chi connectivity index (χ4n) is 3.70. The van der Waals surface area contributed by atoms with E-state index in [0.29, 0.717) is 17.8 Å². The van der Waals surface area contributed by atoms with Crippen molar-refractivity contribution in [2.24, 2.45) is 0 Å². The summed E-state index contributed by atoms with van der Waals surface area (Å²) in [5.74, 6) is 1.02. The van der Waals surface area contributed by atoms with Crippen molar-refractivity contribution in [3.63, 3.8) is 0 Å². The average molecular weight is 347 g/mol. The van der Waals surface area contributed by atoms with Crippen molar-refractivity contribution in [2.45, 2.75) is 19.8 Å². The molecule has 1 saturated heterocycles. The van der Waals surface area contributed by atoms with Crippen molar-refractivity contribution in [2.75, 3.05) is 31.6 Å². The van der Waals surface area contributed by atoms with Gasteiger partial charge in [-0.2, -0.15) is 5.26 Å². The lowest BCUT2D eigenvalue weighted by Gasteiger charge is -2.24. The fraction of sp³-hybridized carbons (Fsp3) is 0.350. The van der Waals surface area contributed by atoms with Gasteiger partial charge in [0.2, 0.25) is 5.91 Å². The van der Waals surface area contributed by atoms with Crippen LogP contribution in [0.5, 0.6) is 0 Å². The lowest BCUT2D eigenvalue weighted by Crippen LogP contribution is -2.37. The molecule has 1 aromatic carbocycles. The Morgan fingerprint density at radius 3 is 2.77 bits per heavy atom. The summed E-state index contributed by atoms with van der Waals surface area (Å²) in [6.07, 6.45) is 2.17. The molecule has 0 unspecified atom stereocenters. The highest BCUT2D eigenvalue weighted by Crippen LogP contribution is 2.28. The molecule has 0 atom stereocenters. The van der Waals surface area contributed by atoms with Crippen molar-refractivity contribution in [3.05, 3.63) is 41.5 Å². The number of likely N-dealkylation sites (N-methyl/N-ethyl adjacent to an activating group) is 1. The minimum Gasteiger partial charge on any atom is -0.351 e. The number of likely N-dealkylation sites (tertiary alicyclic amines) is 1. The highest BCUT2D eigenvalue weighted by molar-refractivity contribution is 5.86. The number of rotatable bonds is 3. The molecule has 0 bridgehead atoms. The molecule has 1 fully saturated rings. The number of carbonyl (C=O) groups excluding carboxylic acids is 1. The number of aryl methyl sites for hydroxylation is 1. The maximum absolute atomic E-state index is 12.6. The van der Waals surface area contributed by atoms with Crippen molar-refractivity contribution in [1.29, 1.82) is 5.26 Å². The average Bonchev–Trinajstić information content (AvgIpc) is 3.29. The number of hydrogen-bond acceptors (Lipinski definition) is 4. The molecule has 0 radical (unpaired) electrons. The van der Waals surface area contributed by atoms with Crippen LogP contribution in [0.4, 0.5) is 5.82 Å². The van der Waals surface area contributed by atoms with Gasteiger partial charge < -0.3 is 9.80 Å². The lowest BCUT2D eigenvalue weighted by molar-refractivity contribution is -0.128. The number of anilines is 1. The molecule has 26 heavy (non-hydrogen) atoms. The van der Waals surface area contributed by atoms with Gasteiger partial charge in [-0.3, -0.25) is 9.20 Å². The zero-order chi connectivity index (χ0) is 18.3. The van der Waals surface area contributed by atoms with E-state index in [0.717, 1.165) is 48.3 Å². The SMILES string of the molecule is Cc1cc(N(C)CC(=O)N2CCCC2)n2c(nc3ccccc32)c1C#N. The number of benzene rings is 1. The fourth-order valence-corrected chi connectivity index (χ4v) is 3.70. The Labute approximate surface area is 152 Å². The van der Waals surface area contributed by atoms with E-state index in [-0.39, 0.29) is 5.91 Å². The first kappa shape index (κ1) is 16.4. The minimum atomic E-state index is 0.143. The van der Waals surface area contributed by atoms with Crippen molar-refractivity contribution < 1.29 is 4.79 Å². The summed E-state index contributed by atoms with van der Waals surface area (Å²) >= 11 is 0. The molecule has 1 aliphatic rings. The van der Waals surface area contributed by atoms with Crippen LogP contribution in [0.3, 0.4) is 0 Å². The first-order chi connectivity index (χ1) is 12.6. The number of amides is 1. The molecule has 4 rings (SSSR count). The summed E-state index contributed by atoms with van der Waals surface area (Å²) in [7, 11) is 1.92. The molecule has 0 spiro atoms. The highest BCUT2D eigenvalue weighted by atomic mass is 16.2. The predicted molar refractivity (Wildman–Crippen MR) is 101 cm³/mol. The Bertz CT molecular complexity index is 1040. The van der Waals surface area contributed by atoms with Gasteiger partial charge in [-0.1, -0.05) is 12.1 Å². The molecule has 132 valence electrons. The maximum atomic E-state index is 12.6. The van der Waals surface area contributed by atoms with Crippen LogP contribution in [0.25, 0.3) is 16.7 Å². The van der Waals surface area contributed by atoms with Gasteiger partial charge >= 0.3 is 0 Å². The standard InChI is InChI=1S/C20H21N5O/c1-14-11-18(23(2)13-19(26)24-9-5-6-10-24)25-17-8-4-3-7-16(17)22-20(25)15(14)12-21/h3-4,7-8,11H,5-6,9-10,13H2,1-2H3. The van der Waals surface area contributed by atoms with Gasteiger partial charge in [0.1, 0.15) is 11.9 Å². The van der Waals surface area contributed by atoms with Gasteiger partial charge in [-0.25, -0.2) is 4.98 Å². The number of hydrogen-bond donors (Lipinski definition) is 0. The lowest BCUT2D eigenvalue weighted by atomic mass is 10.1. The van der Waals surface area contributed by atoms with Crippen LogP contribution in [-0.2, 0) is 4.79 Å². The summed E-state index contributed by atoms with van der Waals surface area (Å²) in [5.41, 5.74) is 3.86. The summed E-state index contributed by atoms with van der Waals surface area (Å²) in [6, 6.07) is 12.1. The van der Waals surface area contributed by atoms with E-state index in [1.807, 2.05) is 58.5 Å². The molecular weight excluding hydrogens is 326 g/mol. The second kappa shape index (κ2) is 6.34. The Morgan fingerprint density at radius 2 is 2.04 bits per heavy atom. The van der Waals surface area contributed by atoms with Crippen LogP contribution in [0.2, 0.25) is 0 Å². The number of nitrogens with zero attached hydrogens (tertiary/aromatic N) is 5. The van der Waals surface area contributed by atoms with Gasteiger partial charge in [0.25, 0.3) is 0 Å². The monoisotopic (exact) mass is 347 g/mol. The zero-order valence-corrected chi connectivity index (χ0v) is 15.1. The van der Waals surface area contributed by atoms with Gasteiger partial charge in [-0.05, 0) is 43.5 Å². The smallest absolute Gasteiger partial charge is 0.242 e. The van der Waals surface area contributed by atoms with E-state index in [1.54, 1.807) is 0 Å². The van der Waals surface area contributed by atoms with Gasteiger partial charge in [0, 0.05) is 20.1 Å². The number of carbonyl (C=O) groups is 1. The Kier molecular flexibility index (Phi) is 4.00. The van der Waals surface area contributed by atoms with E-state index < -0.39 is 0 Å². The third-order valence-corrected chi connectivity index (χ3v) is 5.09. The second-order valence-electron chi connectivity index (χ2n) is 6.88. The summed E-state index contributed by atoms with van der Waals surface area (Å²) in [4.78, 5) is 21.1. The molecule has 1 amide bonds. The number of aromatic nitrogens is 2. The van der Waals surface area contributed by atoms with E-state index >= 15 is 0 Å². The molecular formula is C20H21N5O. The minimum absolute atomic E-state index is 0.143. The maximum Gasteiger partial charge on any atom is 0.242 e. The third-order valence-electron chi connectivity index (χ3n) is 5.09. The van der Waals surface area contributed by atoms with Crippen LogP contribution >= 0.6 is 0 Å². The molecule has 0 saturated carbocycles. The zero-order valence-electron chi connectivity index (χ0n) is 15.1. The second-order valence-corrected chi connectivity index (χ2v) is 6.88. The van der Waals surface area contributed by atoms with Crippen molar-refractivity contribution >= 4 is 28.4 Å². The number of imidazole rings is 1. The van der Waals surface area contributed by atoms with Crippen LogP contribution in [-0.4, -0.2) is 46.9 Å². The van der Waals surface area contributed by atoms with E-state index in [1.165, 1.54) is 0 Å². The molecule has 3 heterocycles. The van der Waals surface area contributed by atoms with Crippen molar-refractivity contribution in [3.8, 4) is 6.07 Å². The summed E-state index contributed by atoms with van der Waals surface area (Å²) in [5, 5.41) is 9.58. The Balaban J connectivity index is 1.83. The summed E-state index contributed by atoms with van der Waals surface area (Å²) in [6.45, 7) is 3.93. The molecule has 0 aliphatic carbocycles. The quantitative estimate of drug-likeness (QED) is 0.731. The van der Waals surface area contributed by atoms with E-state index in [9.17, 15) is 10.1 Å². The largest absolute Gasteiger partial charge is 0.351 e. The van der Waals surface area contributed by atoms with Gasteiger partial charge in [0.05, 0.1) is 23.1 Å². The number of fused-ring (bicyclic) bond motifs is 3. The molecule has 1 aliphatic heterocycles. The van der Waals surface area contributed by atoms with Gasteiger partial charge in [0.15, 0.2) is 5.65 Å². The van der Waals surface area contributed by atoms with Gasteiger partial charge in [-0.15, -0.1) is 0 Å². The van der Waals surface area contributed by atoms with Crippen molar-refractivity contribution in [1.82, 2.24) is 14.3 Å². The molecule has 6 heteroatoms. The molecule has 0 N–H and O–H groups in total. The normalized spacial score (nSPS) is 14.1. The van der Waals surface area contributed by atoms with E-state index in [4.69, 9.17) is 0 Å². The third kappa shape index (κ3) is 2.57. The highest BCUT2D eigenvalue weighted by Gasteiger charge is 2.22. The Hall–Kier alpha value is -3.07. The Morgan fingerprint density at radius 1 is 1.31 bits per heavy atom. The van der Waals surface area contributed by atoms with E-state index in [2.05, 4.69) is 11.1 Å². The number of nitriles is 1. The van der Waals surface area contributed by atoms with Crippen LogP contribution < -0.4 is 4.90 Å². The molecule has 3 aromatic rings. The number of para-hydroxylation sites is 2. The van der Waals surface area contributed by atoms with Crippen LogP contribution in [0, 0.1) is 18.3 Å². The first-order valence-electron chi connectivity index (χ1n) is 8.90. The topological polar surface area (TPSA) is 64.6 Å². The van der Waals surface area contributed by atoms with Crippen LogP contribution in [0.15, 0.2) is 30.3 Å². The number of pyridine rings is 1. The van der Waals surface area contributed by atoms with Crippen LogP contribution in [0.1, 0.15) is 24.0 Å². The predicted octanol–water partition coefficient (Wildman–Crippen LogP) is 2.73. The first-order valence-corrected chi connectivity index (χ1v) is 8.90. The molecule has 2 aromatic heterocycles.